The van der Waals surface area contributed by atoms with Crippen LogP contribution in [0, 0.1) is 11.3 Å². The van der Waals surface area contributed by atoms with Crippen LogP contribution in [0.1, 0.15) is 32.3 Å². The second kappa shape index (κ2) is 4.05. The van der Waals surface area contributed by atoms with Crippen molar-refractivity contribution in [3.63, 3.8) is 0 Å². The van der Waals surface area contributed by atoms with Crippen LogP contribution in [0.5, 0.6) is 0 Å². The van der Waals surface area contributed by atoms with Gasteiger partial charge in [-0.3, -0.25) is 0 Å². The van der Waals surface area contributed by atoms with Crippen molar-refractivity contribution >= 4 is 11.6 Å². The van der Waals surface area contributed by atoms with Crippen LogP contribution in [0.3, 0.4) is 0 Å². The minimum absolute atomic E-state index is 0.304. The maximum atomic E-state index is 6.07. The van der Waals surface area contributed by atoms with Crippen LogP contribution in [0.2, 0.25) is 5.02 Å². The summed E-state index contributed by atoms with van der Waals surface area (Å²) in [4.78, 5) is 0. The van der Waals surface area contributed by atoms with Gasteiger partial charge < -0.3 is 5.32 Å². The molecule has 1 aliphatic carbocycles. The van der Waals surface area contributed by atoms with Gasteiger partial charge in [0.15, 0.2) is 0 Å². The molecule has 1 fully saturated rings. The topological polar surface area (TPSA) is 12.0 Å². The molecule has 0 saturated heterocycles. The number of benzene rings is 1. The van der Waals surface area contributed by atoms with Crippen LogP contribution in [-0.4, -0.2) is 13.1 Å². The van der Waals surface area contributed by atoms with Gasteiger partial charge in [-0.05, 0) is 42.0 Å². The molecule has 0 aliphatic heterocycles. The van der Waals surface area contributed by atoms with Crippen LogP contribution in [0.4, 0.5) is 0 Å². The number of rotatable bonds is 2. The van der Waals surface area contributed by atoms with E-state index in [0.29, 0.717) is 23.3 Å². The molecule has 0 radical (unpaired) electrons. The standard InChI is InChI=1S/C14H20ClN/c1-9-12(14(2,3)13(9)16-4)10-6-5-7-11(15)8-10/h5-9,12-13,16H,1-4H3. The summed E-state index contributed by atoms with van der Waals surface area (Å²) in [5.74, 6) is 1.27. The van der Waals surface area contributed by atoms with Gasteiger partial charge in [-0.15, -0.1) is 0 Å². The summed E-state index contributed by atoms with van der Waals surface area (Å²) < 4.78 is 0. The number of hydrogen-bond donors (Lipinski definition) is 1. The highest BCUT2D eigenvalue weighted by Crippen LogP contribution is 2.56. The van der Waals surface area contributed by atoms with E-state index in [1.54, 1.807) is 0 Å². The van der Waals surface area contributed by atoms with E-state index in [2.05, 4.69) is 45.3 Å². The molecule has 2 heteroatoms. The highest BCUT2D eigenvalue weighted by atomic mass is 35.5. The zero-order valence-corrected chi connectivity index (χ0v) is 11.2. The predicted octanol–water partition coefficient (Wildman–Crippen LogP) is 3.69. The Bertz CT molecular complexity index is 386. The molecular formula is C14H20ClN. The molecule has 0 amide bonds. The average Bonchev–Trinajstić information content (AvgIpc) is 2.17. The summed E-state index contributed by atoms with van der Waals surface area (Å²) >= 11 is 6.07. The van der Waals surface area contributed by atoms with Crippen molar-refractivity contribution < 1.29 is 0 Å². The lowest BCUT2D eigenvalue weighted by atomic mass is 9.50. The first-order valence-electron chi connectivity index (χ1n) is 5.91. The Hall–Kier alpha value is -0.530. The van der Waals surface area contributed by atoms with E-state index in [-0.39, 0.29) is 0 Å². The molecule has 1 aliphatic rings. The maximum Gasteiger partial charge on any atom is 0.0408 e. The third-order valence-electron chi connectivity index (χ3n) is 4.17. The van der Waals surface area contributed by atoms with Crippen molar-refractivity contribution in [3.8, 4) is 0 Å². The van der Waals surface area contributed by atoms with E-state index < -0.39 is 0 Å². The van der Waals surface area contributed by atoms with E-state index in [1.165, 1.54) is 5.56 Å². The van der Waals surface area contributed by atoms with E-state index in [1.807, 2.05) is 12.1 Å². The van der Waals surface area contributed by atoms with E-state index in [0.717, 1.165) is 5.02 Å². The molecule has 16 heavy (non-hydrogen) atoms. The molecule has 1 aromatic rings. The van der Waals surface area contributed by atoms with Crippen molar-refractivity contribution in [2.45, 2.75) is 32.7 Å². The fourth-order valence-corrected chi connectivity index (χ4v) is 3.89. The van der Waals surface area contributed by atoms with E-state index >= 15 is 0 Å². The van der Waals surface area contributed by atoms with Crippen LogP contribution in [0.15, 0.2) is 24.3 Å². The maximum absolute atomic E-state index is 6.07. The molecule has 1 saturated carbocycles. The molecule has 3 unspecified atom stereocenters. The van der Waals surface area contributed by atoms with Gasteiger partial charge in [-0.1, -0.05) is 44.5 Å². The lowest BCUT2D eigenvalue weighted by Gasteiger charge is -2.58. The lowest BCUT2D eigenvalue weighted by molar-refractivity contribution is 0.00509. The normalized spacial score (nSPS) is 32.2. The van der Waals surface area contributed by atoms with Gasteiger partial charge >= 0.3 is 0 Å². The van der Waals surface area contributed by atoms with Gasteiger partial charge in [0.25, 0.3) is 0 Å². The predicted molar refractivity (Wildman–Crippen MR) is 70.0 cm³/mol. The lowest BCUT2D eigenvalue weighted by Crippen LogP contribution is -2.60. The molecule has 0 spiro atoms. The Kier molecular flexibility index (Phi) is 3.02. The van der Waals surface area contributed by atoms with Crippen molar-refractivity contribution in [1.82, 2.24) is 5.32 Å². The summed E-state index contributed by atoms with van der Waals surface area (Å²) in [5, 5.41) is 4.26. The van der Waals surface area contributed by atoms with E-state index in [9.17, 15) is 0 Å². The summed E-state index contributed by atoms with van der Waals surface area (Å²) in [7, 11) is 2.05. The van der Waals surface area contributed by atoms with Crippen molar-refractivity contribution in [3.05, 3.63) is 34.9 Å². The quantitative estimate of drug-likeness (QED) is 0.828. The highest BCUT2D eigenvalue weighted by Gasteiger charge is 2.53. The first kappa shape index (κ1) is 11.9. The Morgan fingerprint density at radius 2 is 2.00 bits per heavy atom. The number of hydrogen-bond acceptors (Lipinski definition) is 1. The van der Waals surface area contributed by atoms with Gasteiger partial charge in [0.2, 0.25) is 0 Å². The molecule has 0 bridgehead atoms. The first-order chi connectivity index (χ1) is 7.48. The minimum Gasteiger partial charge on any atom is -0.316 e. The minimum atomic E-state index is 0.304. The summed E-state index contributed by atoms with van der Waals surface area (Å²) in [6.07, 6.45) is 0. The van der Waals surface area contributed by atoms with Gasteiger partial charge in [-0.2, -0.15) is 0 Å². The summed E-state index contributed by atoms with van der Waals surface area (Å²) in [5.41, 5.74) is 1.68. The fourth-order valence-electron chi connectivity index (χ4n) is 3.69. The van der Waals surface area contributed by atoms with Crippen LogP contribution < -0.4 is 5.32 Å². The smallest absolute Gasteiger partial charge is 0.0408 e. The highest BCUT2D eigenvalue weighted by molar-refractivity contribution is 6.30. The van der Waals surface area contributed by atoms with Gasteiger partial charge in [-0.25, -0.2) is 0 Å². The second-order valence-electron chi connectivity index (χ2n) is 5.48. The Labute approximate surface area is 103 Å². The number of nitrogens with one attached hydrogen (secondary N) is 1. The van der Waals surface area contributed by atoms with Crippen LogP contribution in [0.25, 0.3) is 0 Å². The molecule has 88 valence electrons. The van der Waals surface area contributed by atoms with Gasteiger partial charge in [0.1, 0.15) is 0 Å². The molecule has 0 heterocycles. The zero-order valence-electron chi connectivity index (χ0n) is 10.4. The van der Waals surface area contributed by atoms with Gasteiger partial charge in [0.05, 0.1) is 0 Å². The summed E-state index contributed by atoms with van der Waals surface area (Å²) in [6, 6.07) is 8.89. The second-order valence-corrected chi connectivity index (χ2v) is 5.92. The average molecular weight is 238 g/mol. The van der Waals surface area contributed by atoms with Crippen molar-refractivity contribution in [2.75, 3.05) is 7.05 Å². The SMILES string of the molecule is CNC1C(C)C(c2cccc(Cl)c2)C1(C)C. The zero-order chi connectivity index (χ0) is 11.9. The third-order valence-corrected chi connectivity index (χ3v) is 4.41. The molecular weight excluding hydrogens is 218 g/mol. The Morgan fingerprint density at radius 1 is 1.31 bits per heavy atom. The molecule has 1 aromatic carbocycles. The van der Waals surface area contributed by atoms with Crippen LogP contribution in [-0.2, 0) is 0 Å². The van der Waals surface area contributed by atoms with Crippen molar-refractivity contribution in [1.29, 1.82) is 0 Å². The molecule has 3 atom stereocenters. The van der Waals surface area contributed by atoms with E-state index in [4.69, 9.17) is 11.6 Å². The monoisotopic (exact) mass is 237 g/mol. The van der Waals surface area contributed by atoms with Gasteiger partial charge in [0, 0.05) is 11.1 Å². The van der Waals surface area contributed by atoms with Crippen LogP contribution >= 0.6 is 11.6 Å². The largest absolute Gasteiger partial charge is 0.316 e. The summed E-state index contributed by atoms with van der Waals surface area (Å²) in [6.45, 7) is 6.98. The molecule has 1 N–H and O–H groups in total. The molecule has 1 nitrogen and oxygen atoms in total. The van der Waals surface area contributed by atoms with Crippen molar-refractivity contribution in [2.24, 2.45) is 11.3 Å². The Balaban J connectivity index is 2.30. The molecule has 0 aromatic heterocycles. The Morgan fingerprint density at radius 3 is 2.50 bits per heavy atom. The fraction of sp³-hybridized carbons (Fsp3) is 0.571. The number of halogens is 1. The third kappa shape index (κ3) is 1.66. The first-order valence-corrected chi connectivity index (χ1v) is 6.29. The molecule has 2 rings (SSSR count).